The number of esters is 1. The van der Waals surface area contributed by atoms with Gasteiger partial charge in [-0.15, -0.1) is 0 Å². The fourth-order valence-electron chi connectivity index (χ4n) is 1.21. The van der Waals surface area contributed by atoms with Crippen LogP contribution in [0, 0.1) is 13.8 Å². The van der Waals surface area contributed by atoms with Gasteiger partial charge < -0.3 is 13.9 Å². The van der Waals surface area contributed by atoms with Crippen LogP contribution in [0.4, 0.5) is 0 Å². The summed E-state index contributed by atoms with van der Waals surface area (Å²) in [4.78, 5) is 11.5. The Hall–Kier alpha value is -1.29. The van der Waals surface area contributed by atoms with Crippen LogP contribution in [0.25, 0.3) is 0 Å². The number of hydrogen-bond donors (Lipinski definition) is 0. The first-order valence-electron chi connectivity index (χ1n) is 4.97. The summed E-state index contributed by atoms with van der Waals surface area (Å²) in [5, 5.41) is 0. The molecule has 1 aromatic rings. The summed E-state index contributed by atoms with van der Waals surface area (Å²) in [6.07, 6.45) is 0.904. The Kier molecular flexibility index (Phi) is 4.37. The van der Waals surface area contributed by atoms with Gasteiger partial charge in [-0.25, -0.2) is 4.79 Å². The van der Waals surface area contributed by atoms with Gasteiger partial charge in [-0.1, -0.05) is 6.92 Å². The van der Waals surface area contributed by atoms with E-state index in [-0.39, 0.29) is 6.79 Å². The highest BCUT2D eigenvalue weighted by atomic mass is 16.7. The van der Waals surface area contributed by atoms with E-state index < -0.39 is 5.97 Å². The van der Waals surface area contributed by atoms with Crippen LogP contribution >= 0.6 is 0 Å². The number of aryl methyl sites for hydroxylation is 2. The van der Waals surface area contributed by atoms with Crippen LogP contribution in [0.1, 0.15) is 35.2 Å². The maximum absolute atomic E-state index is 11.5. The third-order valence-corrected chi connectivity index (χ3v) is 1.88. The molecule has 0 fully saturated rings. The van der Waals surface area contributed by atoms with E-state index in [0.717, 1.165) is 6.42 Å². The van der Waals surface area contributed by atoms with Crippen LogP contribution in [-0.2, 0) is 9.47 Å². The first-order valence-corrected chi connectivity index (χ1v) is 4.97. The van der Waals surface area contributed by atoms with E-state index in [9.17, 15) is 4.79 Å². The number of rotatable bonds is 5. The van der Waals surface area contributed by atoms with E-state index in [1.807, 2.05) is 6.92 Å². The zero-order valence-corrected chi connectivity index (χ0v) is 9.33. The predicted molar refractivity (Wildman–Crippen MR) is 54.7 cm³/mol. The first-order chi connectivity index (χ1) is 7.15. The molecule has 0 amide bonds. The highest BCUT2D eigenvalue weighted by Gasteiger charge is 2.14. The van der Waals surface area contributed by atoms with E-state index >= 15 is 0 Å². The number of ether oxygens (including phenoxy) is 2. The lowest BCUT2D eigenvalue weighted by atomic mass is 10.2. The Morgan fingerprint density at radius 3 is 2.73 bits per heavy atom. The molecule has 0 aliphatic rings. The van der Waals surface area contributed by atoms with E-state index in [1.54, 1.807) is 19.9 Å². The fraction of sp³-hybridized carbons (Fsp3) is 0.545. The van der Waals surface area contributed by atoms with Crippen LogP contribution in [0.3, 0.4) is 0 Å². The number of carbonyl (C=O) groups excluding carboxylic acids is 1. The molecule has 0 saturated carbocycles. The Bertz CT molecular complexity index is 327. The van der Waals surface area contributed by atoms with Gasteiger partial charge in [-0.3, -0.25) is 0 Å². The second-order valence-electron chi connectivity index (χ2n) is 3.28. The van der Waals surface area contributed by atoms with Crippen molar-refractivity contribution in [1.29, 1.82) is 0 Å². The molecular formula is C11H16O4. The van der Waals surface area contributed by atoms with Gasteiger partial charge in [0.1, 0.15) is 17.1 Å². The molecule has 0 atom stereocenters. The average Bonchev–Trinajstić information content (AvgIpc) is 2.52. The molecule has 1 aromatic heterocycles. The van der Waals surface area contributed by atoms with Crippen molar-refractivity contribution < 1.29 is 18.7 Å². The molecule has 0 unspecified atom stereocenters. The summed E-state index contributed by atoms with van der Waals surface area (Å²) >= 11 is 0. The minimum atomic E-state index is -0.402. The summed E-state index contributed by atoms with van der Waals surface area (Å²) < 4.78 is 15.2. The average molecular weight is 212 g/mol. The molecule has 15 heavy (non-hydrogen) atoms. The monoisotopic (exact) mass is 212 g/mol. The van der Waals surface area contributed by atoms with Gasteiger partial charge in [-0.2, -0.15) is 0 Å². The van der Waals surface area contributed by atoms with Crippen LogP contribution in [-0.4, -0.2) is 19.4 Å². The molecule has 0 bridgehead atoms. The lowest BCUT2D eigenvalue weighted by Gasteiger charge is -2.03. The lowest BCUT2D eigenvalue weighted by Crippen LogP contribution is -2.09. The molecule has 0 aliphatic heterocycles. The maximum Gasteiger partial charge on any atom is 0.343 e. The predicted octanol–water partition coefficient (Wildman–Crippen LogP) is 2.44. The SMILES string of the molecule is CCCOCOC(=O)c1cc(C)oc1C. The van der Waals surface area contributed by atoms with Crippen molar-refractivity contribution in [2.45, 2.75) is 27.2 Å². The Balaban J connectivity index is 2.43. The van der Waals surface area contributed by atoms with E-state index in [1.165, 1.54) is 0 Å². The molecule has 4 heteroatoms. The highest BCUT2D eigenvalue weighted by Crippen LogP contribution is 2.14. The third-order valence-electron chi connectivity index (χ3n) is 1.88. The minimum absolute atomic E-state index is 0.00363. The summed E-state index contributed by atoms with van der Waals surface area (Å²) in [5.74, 6) is 0.877. The largest absolute Gasteiger partial charge is 0.466 e. The molecule has 1 rings (SSSR count). The third kappa shape index (κ3) is 3.40. The van der Waals surface area contributed by atoms with Gasteiger partial charge in [0.25, 0.3) is 0 Å². The fourth-order valence-corrected chi connectivity index (χ4v) is 1.21. The Morgan fingerprint density at radius 2 is 2.20 bits per heavy atom. The molecular weight excluding hydrogens is 196 g/mol. The molecule has 0 saturated heterocycles. The molecule has 0 spiro atoms. The van der Waals surface area contributed by atoms with E-state index in [0.29, 0.717) is 23.7 Å². The van der Waals surface area contributed by atoms with Crippen molar-refractivity contribution in [3.63, 3.8) is 0 Å². The molecule has 0 aromatic carbocycles. The van der Waals surface area contributed by atoms with Crippen molar-refractivity contribution in [3.8, 4) is 0 Å². The van der Waals surface area contributed by atoms with Crippen molar-refractivity contribution >= 4 is 5.97 Å². The minimum Gasteiger partial charge on any atom is -0.466 e. The number of hydrogen-bond acceptors (Lipinski definition) is 4. The molecule has 0 aliphatic carbocycles. The first kappa shape index (κ1) is 11.8. The lowest BCUT2D eigenvalue weighted by molar-refractivity contribution is -0.0312. The van der Waals surface area contributed by atoms with Crippen LogP contribution in [0.15, 0.2) is 10.5 Å². The van der Waals surface area contributed by atoms with E-state index in [2.05, 4.69) is 0 Å². The topological polar surface area (TPSA) is 48.7 Å². The second-order valence-corrected chi connectivity index (χ2v) is 3.28. The van der Waals surface area contributed by atoms with Crippen molar-refractivity contribution in [2.75, 3.05) is 13.4 Å². The van der Waals surface area contributed by atoms with Crippen molar-refractivity contribution in [3.05, 3.63) is 23.2 Å². The summed E-state index contributed by atoms with van der Waals surface area (Å²) in [6, 6.07) is 1.66. The standard InChI is InChI=1S/C11H16O4/c1-4-5-13-7-14-11(12)10-6-8(2)15-9(10)3/h6H,4-5,7H2,1-3H3. The molecule has 84 valence electrons. The van der Waals surface area contributed by atoms with Gasteiger partial charge in [0.15, 0.2) is 6.79 Å². The molecule has 0 N–H and O–H groups in total. The van der Waals surface area contributed by atoms with Crippen LogP contribution in [0.2, 0.25) is 0 Å². The quantitative estimate of drug-likeness (QED) is 0.427. The van der Waals surface area contributed by atoms with Crippen LogP contribution < -0.4 is 0 Å². The zero-order chi connectivity index (χ0) is 11.3. The maximum atomic E-state index is 11.5. The smallest absolute Gasteiger partial charge is 0.343 e. The van der Waals surface area contributed by atoms with Gasteiger partial charge >= 0.3 is 5.97 Å². The number of furan rings is 1. The Morgan fingerprint density at radius 1 is 1.47 bits per heavy atom. The zero-order valence-electron chi connectivity index (χ0n) is 9.33. The molecule has 0 radical (unpaired) electrons. The van der Waals surface area contributed by atoms with Gasteiger partial charge in [0, 0.05) is 0 Å². The Labute approximate surface area is 89.2 Å². The van der Waals surface area contributed by atoms with Crippen LogP contribution in [0.5, 0.6) is 0 Å². The summed E-state index contributed by atoms with van der Waals surface area (Å²) in [6.45, 7) is 6.10. The van der Waals surface area contributed by atoms with Gasteiger partial charge in [0.2, 0.25) is 0 Å². The van der Waals surface area contributed by atoms with Gasteiger partial charge in [-0.05, 0) is 26.3 Å². The highest BCUT2D eigenvalue weighted by molar-refractivity contribution is 5.90. The van der Waals surface area contributed by atoms with E-state index in [4.69, 9.17) is 13.9 Å². The van der Waals surface area contributed by atoms with Gasteiger partial charge in [0.05, 0.1) is 6.61 Å². The summed E-state index contributed by atoms with van der Waals surface area (Å²) in [5.41, 5.74) is 0.465. The molecule has 4 nitrogen and oxygen atoms in total. The van der Waals surface area contributed by atoms with Crippen molar-refractivity contribution in [2.24, 2.45) is 0 Å². The number of carbonyl (C=O) groups is 1. The normalized spacial score (nSPS) is 10.3. The van der Waals surface area contributed by atoms with Crippen molar-refractivity contribution in [1.82, 2.24) is 0 Å². The summed E-state index contributed by atoms with van der Waals surface area (Å²) in [7, 11) is 0. The second kappa shape index (κ2) is 5.56. The molecule has 1 heterocycles.